The number of quaternary nitrogens is 1. The van der Waals surface area contributed by atoms with Crippen molar-refractivity contribution in [1.82, 2.24) is 0 Å². The Hall–Kier alpha value is -0.900. The van der Waals surface area contributed by atoms with Gasteiger partial charge in [-0.05, 0) is 30.4 Å². The maximum Gasteiger partial charge on any atom is 0.126 e. The van der Waals surface area contributed by atoms with Crippen molar-refractivity contribution >= 4 is 0 Å². The predicted molar refractivity (Wildman–Crippen MR) is 73.9 cm³/mol. The summed E-state index contributed by atoms with van der Waals surface area (Å²) in [6.07, 6.45) is 5.89. The van der Waals surface area contributed by atoms with Crippen LogP contribution in [0.25, 0.3) is 0 Å². The van der Waals surface area contributed by atoms with E-state index in [4.69, 9.17) is 4.74 Å². The molecule has 0 saturated heterocycles. The Kier molecular flexibility index (Phi) is 4.16. The fourth-order valence-electron chi connectivity index (χ4n) is 2.86. The fraction of sp³-hybridized carbons (Fsp3) is 0.625. The van der Waals surface area contributed by atoms with E-state index in [1.54, 1.807) is 0 Å². The molecule has 2 atom stereocenters. The summed E-state index contributed by atoms with van der Waals surface area (Å²) in [6, 6.07) is 9.31. The fourth-order valence-corrected chi connectivity index (χ4v) is 2.86. The number of aryl methyl sites for hydroxylation is 1. The molecule has 0 radical (unpaired) electrons. The quantitative estimate of drug-likeness (QED) is 0.808. The van der Waals surface area contributed by atoms with Crippen LogP contribution >= 0.6 is 0 Å². The van der Waals surface area contributed by atoms with E-state index in [0.717, 1.165) is 25.4 Å². The molecule has 3 rings (SSSR count). The van der Waals surface area contributed by atoms with Gasteiger partial charge in [-0.1, -0.05) is 24.3 Å². The number of hydrogen-bond donors (Lipinski definition) is 2. The van der Waals surface area contributed by atoms with Crippen molar-refractivity contribution in [3.05, 3.63) is 35.4 Å². The molecule has 19 heavy (non-hydrogen) atoms. The maximum absolute atomic E-state index is 9.95. The van der Waals surface area contributed by atoms with Gasteiger partial charge >= 0.3 is 0 Å². The lowest BCUT2D eigenvalue weighted by Crippen LogP contribution is -2.88. The molecule has 3 N–H and O–H groups in total. The molecule has 2 aliphatic carbocycles. The Bertz CT molecular complexity index is 417. The van der Waals surface area contributed by atoms with Crippen LogP contribution in [0.4, 0.5) is 0 Å². The number of ether oxygens (including phenoxy) is 1. The molecule has 3 heteroatoms. The molecule has 1 aromatic carbocycles. The van der Waals surface area contributed by atoms with Gasteiger partial charge in [0.2, 0.25) is 0 Å². The molecule has 0 unspecified atom stereocenters. The first-order valence-corrected chi connectivity index (χ1v) is 7.53. The van der Waals surface area contributed by atoms with Gasteiger partial charge in [-0.2, -0.15) is 0 Å². The smallest absolute Gasteiger partial charge is 0.126 e. The van der Waals surface area contributed by atoms with Crippen LogP contribution in [0.3, 0.4) is 0 Å². The molecular formula is C16H24NO2+. The molecule has 0 amide bonds. The second kappa shape index (κ2) is 6.04. The highest BCUT2D eigenvalue weighted by Crippen LogP contribution is 2.32. The Morgan fingerprint density at radius 1 is 1.26 bits per heavy atom. The van der Waals surface area contributed by atoms with Crippen molar-refractivity contribution in [2.24, 2.45) is 0 Å². The van der Waals surface area contributed by atoms with Gasteiger partial charge in [-0.3, -0.25) is 0 Å². The first-order chi connectivity index (χ1) is 9.33. The molecular weight excluding hydrogens is 238 g/mol. The molecule has 0 aliphatic heterocycles. The SMILES string of the molecule is O[C@H](C[NH2+]C1CC1)CO[C@H]1CCCc2ccccc21. The van der Waals surface area contributed by atoms with E-state index >= 15 is 0 Å². The van der Waals surface area contributed by atoms with Crippen LogP contribution in [-0.4, -0.2) is 30.4 Å². The zero-order valence-electron chi connectivity index (χ0n) is 11.4. The largest absolute Gasteiger partial charge is 0.385 e. The van der Waals surface area contributed by atoms with E-state index < -0.39 is 0 Å². The van der Waals surface area contributed by atoms with Crippen molar-refractivity contribution in [2.45, 2.75) is 50.4 Å². The number of nitrogens with two attached hydrogens (primary N) is 1. The molecule has 2 aliphatic rings. The predicted octanol–water partition coefficient (Wildman–Crippen LogP) is 1.17. The summed E-state index contributed by atoms with van der Waals surface area (Å²) in [5.41, 5.74) is 2.74. The van der Waals surface area contributed by atoms with Crippen molar-refractivity contribution in [1.29, 1.82) is 0 Å². The highest BCUT2D eigenvalue weighted by Gasteiger charge is 2.26. The minimum atomic E-state index is -0.338. The van der Waals surface area contributed by atoms with Crippen LogP contribution in [0.5, 0.6) is 0 Å². The third-order valence-electron chi connectivity index (χ3n) is 4.17. The molecule has 0 aromatic heterocycles. The lowest BCUT2D eigenvalue weighted by molar-refractivity contribution is -0.674. The van der Waals surface area contributed by atoms with Crippen molar-refractivity contribution in [3.8, 4) is 0 Å². The van der Waals surface area contributed by atoms with E-state index in [1.807, 2.05) is 0 Å². The number of hydrogen-bond acceptors (Lipinski definition) is 2. The number of benzene rings is 1. The number of aliphatic hydroxyl groups is 1. The summed E-state index contributed by atoms with van der Waals surface area (Å²) in [5, 5.41) is 12.2. The molecule has 1 saturated carbocycles. The first-order valence-electron chi connectivity index (χ1n) is 7.53. The summed E-state index contributed by atoms with van der Waals surface area (Å²) in [5.74, 6) is 0. The van der Waals surface area contributed by atoms with Crippen molar-refractivity contribution in [3.63, 3.8) is 0 Å². The summed E-state index contributed by atoms with van der Waals surface area (Å²) in [7, 11) is 0. The number of rotatable bonds is 6. The number of aliphatic hydroxyl groups excluding tert-OH is 1. The molecule has 1 fully saturated rings. The lowest BCUT2D eigenvalue weighted by atomic mass is 9.89. The highest BCUT2D eigenvalue weighted by molar-refractivity contribution is 5.31. The second-order valence-electron chi connectivity index (χ2n) is 5.88. The Morgan fingerprint density at radius 2 is 2.11 bits per heavy atom. The van der Waals surface area contributed by atoms with Crippen LogP contribution in [0.1, 0.15) is 42.9 Å². The third kappa shape index (κ3) is 3.56. The van der Waals surface area contributed by atoms with Gasteiger partial charge in [0.15, 0.2) is 0 Å². The molecule has 1 aromatic rings. The Labute approximate surface area is 115 Å². The van der Waals surface area contributed by atoms with Crippen LogP contribution in [0.2, 0.25) is 0 Å². The van der Waals surface area contributed by atoms with Gasteiger partial charge < -0.3 is 15.2 Å². The van der Waals surface area contributed by atoms with Crippen LogP contribution < -0.4 is 5.32 Å². The number of fused-ring (bicyclic) bond motifs is 1. The zero-order chi connectivity index (χ0) is 13.1. The van der Waals surface area contributed by atoms with Crippen molar-refractivity contribution < 1.29 is 15.2 Å². The van der Waals surface area contributed by atoms with E-state index in [2.05, 4.69) is 29.6 Å². The molecule has 0 heterocycles. The minimum Gasteiger partial charge on any atom is -0.385 e. The second-order valence-corrected chi connectivity index (χ2v) is 5.88. The molecule has 3 nitrogen and oxygen atoms in total. The van der Waals surface area contributed by atoms with E-state index in [1.165, 1.54) is 30.4 Å². The standard InChI is InChI=1S/C16H23NO2/c18-14(10-17-13-8-9-13)11-19-16-7-3-5-12-4-1-2-6-15(12)16/h1-2,4,6,13-14,16-18H,3,5,7-11H2/p+1/t14-,16+/m1/s1. The summed E-state index contributed by atoms with van der Waals surface area (Å²) in [6.45, 7) is 1.24. The van der Waals surface area contributed by atoms with E-state index in [9.17, 15) is 5.11 Å². The molecule has 0 bridgehead atoms. The van der Waals surface area contributed by atoms with Gasteiger partial charge in [0.05, 0.1) is 18.8 Å². The first kappa shape index (κ1) is 13.1. The lowest BCUT2D eigenvalue weighted by Gasteiger charge is -2.26. The minimum absolute atomic E-state index is 0.181. The topological polar surface area (TPSA) is 46.1 Å². The normalized spacial score (nSPS) is 23.9. The zero-order valence-corrected chi connectivity index (χ0v) is 11.4. The monoisotopic (exact) mass is 262 g/mol. The summed E-state index contributed by atoms with van der Waals surface area (Å²) >= 11 is 0. The van der Waals surface area contributed by atoms with Gasteiger partial charge in [0, 0.05) is 12.8 Å². The van der Waals surface area contributed by atoms with Gasteiger partial charge in [0.1, 0.15) is 12.6 Å². The van der Waals surface area contributed by atoms with E-state index in [0.29, 0.717) is 6.61 Å². The Balaban J connectivity index is 1.49. The Morgan fingerprint density at radius 3 is 2.95 bits per heavy atom. The summed E-state index contributed by atoms with van der Waals surface area (Å²) < 4.78 is 5.95. The molecule has 0 spiro atoms. The van der Waals surface area contributed by atoms with Gasteiger partial charge in [-0.25, -0.2) is 0 Å². The van der Waals surface area contributed by atoms with E-state index in [-0.39, 0.29) is 12.2 Å². The highest BCUT2D eigenvalue weighted by atomic mass is 16.5. The molecule has 104 valence electrons. The van der Waals surface area contributed by atoms with Gasteiger partial charge in [0.25, 0.3) is 0 Å². The third-order valence-corrected chi connectivity index (χ3v) is 4.17. The average Bonchev–Trinajstić information content (AvgIpc) is 3.27. The van der Waals surface area contributed by atoms with Crippen LogP contribution in [0, 0.1) is 0 Å². The van der Waals surface area contributed by atoms with Crippen molar-refractivity contribution in [2.75, 3.05) is 13.2 Å². The maximum atomic E-state index is 9.95. The van der Waals surface area contributed by atoms with Crippen LogP contribution in [-0.2, 0) is 11.2 Å². The summed E-state index contributed by atoms with van der Waals surface area (Å²) in [4.78, 5) is 0. The van der Waals surface area contributed by atoms with Crippen LogP contribution in [0.15, 0.2) is 24.3 Å². The average molecular weight is 262 g/mol. The van der Waals surface area contributed by atoms with Gasteiger partial charge in [-0.15, -0.1) is 0 Å².